The quantitative estimate of drug-likeness (QED) is 0.894. The molecule has 3 nitrogen and oxygen atoms in total. The number of aromatic hydroxyl groups is 1. The molecule has 0 saturated heterocycles. The summed E-state index contributed by atoms with van der Waals surface area (Å²) in [6.07, 6.45) is 1.76. The predicted molar refractivity (Wildman–Crippen MR) is 82.3 cm³/mol. The van der Waals surface area contributed by atoms with Crippen molar-refractivity contribution in [3.63, 3.8) is 0 Å². The van der Waals surface area contributed by atoms with E-state index in [2.05, 4.69) is 32.8 Å². The molecule has 0 aliphatic heterocycles. The molecule has 2 aromatic rings. The average Bonchev–Trinajstić information content (AvgIpc) is 2.67. The van der Waals surface area contributed by atoms with Gasteiger partial charge in [-0.1, -0.05) is 45.9 Å². The second-order valence-electron chi connectivity index (χ2n) is 6.19. The van der Waals surface area contributed by atoms with E-state index in [4.69, 9.17) is 0 Å². The Balaban J connectivity index is 2.46. The van der Waals surface area contributed by atoms with Crippen LogP contribution in [0.3, 0.4) is 0 Å². The Morgan fingerprint density at radius 2 is 1.60 bits per heavy atom. The smallest absolute Gasteiger partial charge is 0.217 e. The van der Waals surface area contributed by atoms with E-state index in [0.29, 0.717) is 17.7 Å². The van der Waals surface area contributed by atoms with Crippen LogP contribution >= 0.6 is 0 Å². The second kappa shape index (κ2) is 6.12. The van der Waals surface area contributed by atoms with Crippen molar-refractivity contribution >= 4 is 0 Å². The molecule has 0 saturated carbocycles. The minimum Gasteiger partial charge on any atom is -0.493 e. The number of para-hydroxylation sites is 1. The number of hydrogen-bond acceptors (Lipinski definition) is 2. The zero-order valence-corrected chi connectivity index (χ0v) is 12.8. The largest absolute Gasteiger partial charge is 0.493 e. The second-order valence-corrected chi connectivity index (χ2v) is 6.19. The molecule has 0 bridgehead atoms. The van der Waals surface area contributed by atoms with Gasteiger partial charge < -0.3 is 5.11 Å². The first-order valence-electron chi connectivity index (χ1n) is 7.34. The Kier molecular flexibility index (Phi) is 4.48. The van der Waals surface area contributed by atoms with Gasteiger partial charge in [0.25, 0.3) is 0 Å². The number of hydrogen-bond donors (Lipinski definition) is 1. The van der Waals surface area contributed by atoms with Gasteiger partial charge in [0.15, 0.2) is 0 Å². The fourth-order valence-electron chi connectivity index (χ4n) is 2.40. The summed E-state index contributed by atoms with van der Waals surface area (Å²) in [6.45, 7) is 8.69. The van der Waals surface area contributed by atoms with Gasteiger partial charge in [0.2, 0.25) is 5.88 Å². The Labute approximate surface area is 121 Å². The van der Waals surface area contributed by atoms with Gasteiger partial charge in [0.05, 0.1) is 11.4 Å². The van der Waals surface area contributed by atoms with E-state index in [1.54, 1.807) is 4.68 Å². The number of aromatic nitrogens is 2. The number of nitrogens with zero attached hydrogens (tertiary/aromatic N) is 2. The standard InChI is InChI=1S/C17H24N2O/c1-12(2)10-15-16(11-13(3)4)18-19(17(15)20)14-8-6-5-7-9-14/h5-9,12-13,20H,10-11H2,1-4H3. The molecule has 0 radical (unpaired) electrons. The van der Waals surface area contributed by atoms with Gasteiger partial charge in [-0.25, -0.2) is 4.68 Å². The van der Waals surface area contributed by atoms with E-state index in [0.717, 1.165) is 29.8 Å². The maximum atomic E-state index is 10.5. The van der Waals surface area contributed by atoms with Crippen molar-refractivity contribution in [2.24, 2.45) is 11.8 Å². The fourth-order valence-corrected chi connectivity index (χ4v) is 2.40. The molecule has 2 rings (SSSR count). The summed E-state index contributed by atoms with van der Waals surface area (Å²) in [7, 11) is 0. The molecule has 3 heteroatoms. The highest BCUT2D eigenvalue weighted by molar-refractivity contribution is 5.41. The highest BCUT2D eigenvalue weighted by atomic mass is 16.3. The summed E-state index contributed by atoms with van der Waals surface area (Å²) in [4.78, 5) is 0. The molecule has 1 aromatic carbocycles. The maximum Gasteiger partial charge on any atom is 0.217 e. The third-order valence-electron chi connectivity index (χ3n) is 3.25. The van der Waals surface area contributed by atoms with Gasteiger partial charge in [-0.3, -0.25) is 0 Å². The minimum absolute atomic E-state index is 0.292. The van der Waals surface area contributed by atoms with Crippen LogP contribution in [0, 0.1) is 11.8 Å². The Morgan fingerprint density at radius 3 is 2.15 bits per heavy atom. The molecule has 108 valence electrons. The van der Waals surface area contributed by atoms with Gasteiger partial charge in [-0.2, -0.15) is 5.10 Å². The van der Waals surface area contributed by atoms with Crippen LogP contribution in [0.5, 0.6) is 5.88 Å². The summed E-state index contributed by atoms with van der Waals surface area (Å²) in [6, 6.07) is 9.81. The summed E-state index contributed by atoms with van der Waals surface area (Å²) in [5, 5.41) is 15.2. The predicted octanol–water partition coefficient (Wildman–Crippen LogP) is 3.97. The first-order chi connectivity index (χ1) is 9.49. The van der Waals surface area contributed by atoms with Crippen LogP contribution in [0.2, 0.25) is 0 Å². The SMILES string of the molecule is CC(C)Cc1nn(-c2ccccc2)c(O)c1CC(C)C. The molecule has 0 fully saturated rings. The lowest BCUT2D eigenvalue weighted by Crippen LogP contribution is -2.02. The van der Waals surface area contributed by atoms with Gasteiger partial charge >= 0.3 is 0 Å². The molecule has 0 aliphatic rings. The van der Waals surface area contributed by atoms with Gasteiger partial charge in [0.1, 0.15) is 0 Å². The molecule has 1 aromatic heterocycles. The monoisotopic (exact) mass is 272 g/mol. The summed E-state index contributed by atoms with van der Waals surface area (Å²) < 4.78 is 1.66. The van der Waals surface area contributed by atoms with Crippen LogP contribution in [0.25, 0.3) is 5.69 Å². The third-order valence-corrected chi connectivity index (χ3v) is 3.25. The van der Waals surface area contributed by atoms with E-state index < -0.39 is 0 Å². The van der Waals surface area contributed by atoms with E-state index in [9.17, 15) is 5.11 Å². The van der Waals surface area contributed by atoms with Crippen molar-refractivity contribution in [3.05, 3.63) is 41.6 Å². The van der Waals surface area contributed by atoms with Gasteiger partial charge in [-0.05, 0) is 36.8 Å². The van der Waals surface area contributed by atoms with Crippen molar-refractivity contribution in [1.29, 1.82) is 0 Å². The topological polar surface area (TPSA) is 38.0 Å². The molecule has 0 atom stereocenters. The lowest BCUT2D eigenvalue weighted by molar-refractivity contribution is 0.424. The lowest BCUT2D eigenvalue weighted by atomic mass is 9.98. The summed E-state index contributed by atoms with van der Waals surface area (Å²) in [5.41, 5.74) is 2.93. The average molecular weight is 272 g/mol. The van der Waals surface area contributed by atoms with Crippen molar-refractivity contribution in [2.45, 2.75) is 40.5 Å². The van der Waals surface area contributed by atoms with Crippen LogP contribution in [-0.2, 0) is 12.8 Å². The highest BCUT2D eigenvalue weighted by Gasteiger charge is 2.19. The molecule has 0 amide bonds. The first kappa shape index (κ1) is 14.6. The van der Waals surface area contributed by atoms with Crippen LogP contribution in [0.15, 0.2) is 30.3 Å². The zero-order valence-electron chi connectivity index (χ0n) is 12.8. The van der Waals surface area contributed by atoms with Crippen LogP contribution in [0.1, 0.15) is 39.0 Å². The molecule has 0 spiro atoms. The molecule has 20 heavy (non-hydrogen) atoms. The number of rotatable bonds is 5. The fraction of sp³-hybridized carbons (Fsp3) is 0.471. The molecule has 1 heterocycles. The van der Waals surface area contributed by atoms with Crippen molar-refractivity contribution < 1.29 is 5.11 Å². The molecular formula is C17H24N2O. The zero-order chi connectivity index (χ0) is 14.7. The van der Waals surface area contributed by atoms with E-state index in [1.807, 2.05) is 30.3 Å². The first-order valence-corrected chi connectivity index (χ1v) is 7.34. The summed E-state index contributed by atoms with van der Waals surface area (Å²) >= 11 is 0. The van der Waals surface area contributed by atoms with Crippen molar-refractivity contribution in [2.75, 3.05) is 0 Å². The minimum atomic E-state index is 0.292. The third kappa shape index (κ3) is 3.21. The van der Waals surface area contributed by atoms with Gasteiger partial charge in [0, 0.05) is 5.56 Å². The highest BCUT2D eigenvalue weighted by Crippen LogP contribution is 2.28. The van der Waals surface area contributed by atoms with Crippen LogP contribution in [0.4, 0.5) is 0 Å². The van der Waals surface area contributed by atoms with Crippen molar-refractivity contribution in [3.8, 4) is 11.6 Å². The van der Waals surface area contributed by atoms with Gasteiger partial charge in [-0.15, -0.1) is 0 Å². The number of benzene rings is 1. The molecule has 0 unspecified atom stereocenters. The van der Waals surface area contributed by atoms with E-state index >= 15 is 0 Å². The molecule has 0 aliphatic carbocycles. The van der Waals surface area contributed by atoms with Crippen LogP contribution < -0.4 is 0 Å². The molecule has 1 N–H and O–H groups in total. The van der Waals surface area contributed by atoms with Crippen LogP contribution in [-0.4, -0.2) is 14.9 Å². The summed E-state index contributed by atoms with van der Waals surface area (Å²) in [5.74, 6) is 1.32. The van der Waals surface area contributed by atoms with Crippen molar-refractivity contribution in [1.82, 2.24) is 9.78 Å². The lowest BCUT2D eigenvalue weighted by Gasteiger charge is -2.07. The Hall–Kier alpha value is -1.77. The van der Waals surface area contributed by atoms with E-state index in [-0.39, 0.29) is 0 Å². The maximum absolute atomic E-state index is 10.5. The molecular weight excluding hydrogens is 248 g/mol. The normalized spacial score (nSPS) is 11.5. The Morgan fingerprint density at radius 1 is 1.00 bits per heavy atom. The van der Waals surface area contributed by atoms with E-state index in [1.165, 1.54) is 0 Å². The Bertz CT molecular complexity index is 556.